The predicted octanol–water partition coefficient (Wildman–Crippen LogP) is 2.95. The molecule has 0 spiro atoms. The topological polar surface area (TPSA) is 41.1 Å². The number of nitrogens with one attached hydrogen (secondary N) is 1. The summed E-state index contributed by atoms with van der Waals surface area (Å²) in [5.74, 6) is 0.327. The van der Waals surface area contributed by atoms with Gasteiger partial charge in [-0.25, -0.2) is 4.98 Å². The summed E-state index contributed by atoms with van der Waals surface area (Å²) in [5, 5.41) is 2.77. The van der Waals surface area contributed by atoms with Gasteiger partial charge in [-0.1, -0.05) is 18.5 Å². The van der Waals surface area contributed by atoms with Gasteiger partial charge < -0.3 is 10.2 Å². The van der Waals surface area contributed by atoms with Gasteiger partial charge in [-0.2, -0.15) is 18.2 Å². The first-order valence-electron chi connectivity index (χ1n) is 5.39. The Labute approximate surface area is 108 Å². The van der Waals surface area contributed by atoms with Gasteiger partial charge in [0.2, 0.25) is 5.95 Å². The standard InChI is InChI=1S/C10H14ClF3N4/c1-3-4-18(6-10(12,13)14)8-7(11)5-16-9(15-2)17-8/h5H,3-4,6H2,1-2H3,(H,15,16,17). The summed E-state index contributed by atoms with van der Waals surface area (Å²) in [7, 11) is 1.58. The maximum atomic E-state index is 12.5. The SMILES string of the molecule is CCCN(CC(F)(F)F)c1nc(NC)ncc1Cl. The molecule has 1 aromatic heterocycles. The second-order valence-electron chi connectivity index (χ2n) is 3.65. The Balaban J connectivity index is 3.04. The Kier molecular flexibility index (Phi) is 5.01. The summed E-state index contributed by atoms with van der Waals surface area (Å²) >= 11 is 5.85. The van der Waals surface area contributed by atoms with E-state index in [1.54, 1.807) is 14.0 Å². The molecule has 0 aliphatic carbocycles. The predicted molar refractivity (Wildman–Crippen MR) is 65.1 cm³/mol. The van der Waals surface area contributed by atoms with Crippen molar-refractivity contribution in [3.8, 4) is 0 Å². The summed E-state index contributed by atoms with van der Waals surface area (Å²) in [4.78, 5) is 8.90. The van der Waals surface area contributed by atoms with Crippen molar-refractivity contribution in [2.45, 2.75) is 19.5 Å². The summed E-state index contributed by atoms with van der Waals surface area (Å²) in [6, 6.07) is 0. The molecular formula is C10H14ClF3N4. The first kappa shape index (κ1) is 14.8. The molecular weight excluding hydrogens is 269 g/mol. The molecule has 0 unspecified atom stereocenters. The fourth-order valence-electron chi connectivity index (χ4n) is 1.45. The molecule has 102 valence electrons. The zero-order chi connectivity index (χ0) is 13.8. The van der Waals surface area contributed by atoms with Crippen LogP contribution in [-0.2, 0) is 0 Å². The van der Waals surface area contributed by atoms with Crippen LogP contribution in [0.15, 0.2) is 6.20 Å². The molecule has 0 saturated carbocycles. The van der Waals surface area contributed by atoms with Crippen LogP contribution in [0.3, 0.4) is 0 Å². The number of aromatic nitrogens is 2. The largest absolute Gasteiger partial charge is 0.405 e. The summed E-state index contributed by atoms with van der Waals surface area (Å²) < 4.78 is 37.5. The molecule has 0 saturated heterocycles. The van der Waals surface area contributed by atoms with E-state index in [2.05, 4.69) is 15.3 Å². The molecule has 0 aromatic carbocycles. The van der Waals surface area contributed by atoms with Crippen LogP contribution in [0.4, 0.5) is 24.9 Å². The van der Waals surface area contributed by atoms with E-state index in [9.17, 15) is 13.2 Å². The van der Waals surface area contributed by atoms with Crippen LogP contribution in [-0.4, -0.2) is 36.3 Å². The number of nitrogens with zero attached hydrogens (tertiary/aromatic N) is 3. The third-order valence-electron chi connectivity index (χ3n) is 2.11. The highest BCUT2D eigenvalue weighted by Crippen LogP contribution is 2.27. The number of alkyl halides is 3. The van der Waals surface area contributed by atoms with Crippen molar-refractivity contribution in [3.05, 3.63) is 11.2 Å². The van der Waals surface area contributed by atoms with E-state index in [0.717, 1.165) is 4.90 Å². The van der Waals surface area contributed by atoms with Crippen molar-refractivity contribution in [3.63, 3.8) is 0 Å². The van der Waals surface area contributed by atoms with E-state index >= 15 is 0 Å². The zero-order valence-corrected chi connectivity index (χ0v) is 10.8. The van der Waals surface area contributed by atoms with Gasteiger partial charge in [0.05, 0.1) is 6.20 Å². The van der Waals surface area contributed by atoms with Crippen molar-refractivity contribution >= 4 is 23.4 Å². The number of hydrogen-bond acceptors (Lipinski definition) is 4. The molecule has 1 N–H and O–H groups in total. The Hall–Kier alpha value is -1.24. The zero-order valence-electron chi connectivity index (χ0n) is 10.1. The molecule has 1 aromatic rings. The summed E-state index contributed by atoms with van der Waals surface area (Å²) in [6.07, 6.45) is -2.46. The minimum absolute atomic E-state index is 0.0928. The first-order valence-corrected chi connectivity index (χ1v) is 5.77. The minimum Gasteiger partial charge on any atom is -0.357 e. The van der Waals surface area contributed by atoms with E-state index in [-0.39, 0.29) is 23.3 Å². The quantitative estimate of drug-likeness (QED) is 0.901. The van der Waals surface area contributed by atoms with E-state index < -0.39 is 12.7 Å². The molecule has 0 bridgehead atoms. The molecule has 18 heavy (non-hydrogen) atoms. The molecule has 1 heterocycles. The van der Waals surface area contributed by atoms with Gasteiger partial charge in [0.1, 0.15) is 11.6 Å². The molecule has 0 fully saturated rings. The highest BCUT2D eigenvalue weighted by molar-refractivity contribution is 6.32. The van der Waals surface area contributed by atoms with E-state index in [4.69, 9.17) is 11.6 Å². The fourth-order valence-corrected chi connectivity index (χ4v) is 1.66. The van der Waals surface area contributed by atoms with E-state index in [1.165, 1.54) is 6.20 Å². The molecule has 0 atom stereocenters. The number of anilines is 2. The molecule has 0 radical (unpaired) electrons. The second kappa shape index (κ2) is 6.08. The van der Waals surface area contributed by atoms with Gasteiger partial charge in [-0.15, -0.1) is 0 Å². The van der Waals surface area contributed by atoms with Crippen LogP contribution < -0.4 is 10.2 Å². The van der Waals surface area contributed by atoms with Crippen LogP contribution in [0.1, 0.15) is 13.3 Å². The lowest BCUT2D eigenvalue weighted by molar-refractivity contribution is -0.119. The van der Waals surface area contributed by atoms with Crippen LogP contribution in [0, 0.1) is 0 Å². The first-order chi connectivity index (χ1) is 8.37. The van der Waals surface area contributed by atoms with Crippen molar-refractivity contribution in [1.82, 2.24) is 9.97 Å². The van der Waals surface area contributed by atoms with E-state index in [1.807, 2.05) is 0 Å². The minimum atomic E-state index is -4.30. The molecule has 1 rings (SSSR count). The van der Waals surface area contributed by atoms with Gasteiger partial charge in [-0.05, 0) is 6.42 Å². The van der Waals surface area contributed by atoms with E-state index in [0.29, 0.717) is 6.42 Å². The molecule has 0 aliphatic heterocycles. The Morgan fingerprint density at radius 1 is 1.44 bits per heavy atom. The lowest BCUT2D eigenvalue weighted by atomic mass is 10.3. The average Bonchev–Trinajstić information content (AvgIpc) is 2.27. The maximum absolute atomic E-state index is 12.5. The second-order valence-corrected chi connectivity index (χ2v) is 4.06. The van der Waals surface area contributed by atoms with Gasteiger partial charge in [-0.3, -0.25) is 0 Å². The van der Waals surface area contributed by atoms with Gasteiger partial charge in [0.15, 0.2) is 5.82 Å². The van der Waals surface area contributed by atoms with Crippen molar-refractivity contribution in [2.75, 3.05) is 30.4 Å². The van der Waals surface area contributed by atoms with Crippen LogP contribution >= 0.6 is 11.6 Å². The Morgan fingerprint density at radius 2 is 2.11 bits per heavy atom. The molecule has 0 amide bonds. The third-order valence-corrected chi connectivity index (χ3v) is 2.38. The third kappa shape index (κ3) is 4.21. The van der Waals surface area contributed by atoms with Crippen molar-refractivity contribution in [2.24, 2.45) is 0 Å². The van der Waals surface area contributed by atoms with Crippen LogP contribution in [0.2, 0.25) is 5.02 Å². The van der Waals surface area contributed by atoms with Gasteiger partial charge >= 0.3 is 6.18 Å². The number of hydrogen-bond donors (Lipinski definition) is 1. The van der Waals surface area contributed by atoms with Gasteiger partial charge in [0, 0.05) is 13.6 Å². The average molecular weight is 283 g/mol. The summed E-state index contributed by atoms with van der Waals surface area (Å²) in [6.45, 7) is 0.928. The Morgan fingerprint density at radius 3 is 2.61 bits per heavy atom. The summed E-state index contributed by atoms with van der Waals surface area (Å²) in [5.41, 5.74) is 0. The maximum Gasteiger partial charge on any atom is 0.405 e. The fraction of sp³-hybridized carbons (Fsp3) is 0.600. The molecule has 0 aliphatic rings. The van der Waals surface area contributed by atoms with Gasteiger partial charge in [0.25, 0.3) is 0 Å². The molecule has 8 heteroatoms. The number of halogens is 4. The van der Waals surface area contributed by atoms with Crippen molar-refractivity contribution < 1.29 is 13.2 Å². The van der Waals surface area contributed by atoms with Crippen LogP contribution in [0.5, 0.6) is 0 Å². The lowest BCUT2D eigenvalue weighted by Gasteiger charge is -2.25. The monoisotopic (exact) mass is 282 g/mol. The lowest BCUT2D eigenvalue weighted by Crippen LogP contribution is -2.35. The van der Waals surface area contributed by atoms with Crippen LogP contribution in [0.25, 0.3) is 0 Å². The Bertz CT molecular complexity index is 397. The normalized spacial score (nSPS) is 11.4. The number of rotatable bonds is 5. The highest BCUT2D eigenvalue weighted by atomic mass is 35.5. The highest BCUT2D eigenvalue weighted by Gasteiger charge is 2.32. The molecule has 4 nitrogen and oxygen atoms in total. The van der Waals surface area contributed by atoms with Crippen molar-refractivity contribution in [1.29, 1.82) is 0 Å². The smallest absolute Gasteiger partial charge is 0.357 e.